The van der Waals surface area contributed by atoms with Gasteiger partial charge >= 0.3 is 0 Å². The van der Waals surface area contributed by atoms with Crippen LogP contribution in [0.15, 0.2) is 24.4 Å². The highest BCUT2D eigenvalue weighted by molar-refractivity contribution is 5.98. The fourth-order valence-electron chi connectivity index (χ4n) is 3.28. The number of amides is 2. The van der Waals surface area contributed by atoms with Crippen LogP contribution in [0, 0.1) is 19.8 Å². The molecule has 0 aromatic carbocycles. The number of likely N-dealkylation sites (tertiary alicyclic amines) is 1. The molecule has 0 aliphatic carbocycles. The number of aromatic amines is 1. The van der Waals surface area contributed by atoms with E-state index in [-0.39, 0.29) is 24.7 Å². The molecule has 1 fully saturated rings. The lowest BCUT2D eigenvalue weighted by Gasteiger charge is -2.16. The van der Waals surface area contributed by atoms with E-state index in [1.807, 2.05) is 18.2 Å². The lowest BCUT2D eigenvalue weighted by atomic mass is 10.1. The highest BCUT2D eigenvalue weighted by Gasteiger charge is 2.35. The molecule has 1 atom stereocenters. The lowest BCUT2D eigenvalue weighted by molar-refractivity contribution is -0.128. The Bertz CT molecular complexity index is 1050. The van der Waals surface area contributed by atoms with Crippen molar-refractivity contribution >= 4 is 24.0 Å². The van der Waals surface area contributed by atoms with Gasteiger partial charge in [0.15, 0.2) is 0 Å². The minimum atomic E-state index is -0.427. The Hall–Kier alpha value is -4.16. The van der Waals surface area contributed by atoms with Gasteiger partial charge in [-0.25, -0.2) is 0 Å². The van der Waals surface area contributed by atoms with Crippen LogP contribution >= 0.6 is 0 Å². The number of aromatic nitrogens is 7. The van der Waals surface area contributed by atoms with Crippen molar-refractivity contribution in [2.45, 2.75) is 26.8 Å². The van der Waals surface area contributed by atoms with Crippen molar-refractivity contribution in [2.24, 2.45) is 5.92 Å². The molecule has 13 nitrogen and oxygen atoms in total. The number of pyridine rings is 1. The summed E-state index contributed by atoms with van der Waals surface area (Å²) in [4.78, 5) is 39.3. The van der Waals surface area contributed by atoms with Gasteiger partial charge in [-0.1, -0.05) is 11.2 Å². The second-order valence-corrected chi connectivity index (χ2v) is 6.76. The Morgan fingerprint density at radius 2 is 2.16 bits per heavy atom. The first-order valence-electron chi connectivity index (χ1n) is 9.31. The van der Waals surface area contributed by atoms with Gasteiger partial charge in [-0.05, 0) is 31.2 Å². The Morgan fingerprint density at radius 3 is 2.81 bits per heavy atom. The van der Waals surface area contributed by atoms with Crippen molar-refractivity contribution in [1.82, 2.24) is 40.3 Å². The van der Waals surface area contributed by atoms with Gasteiger partial charge in [-0.3, -0.25) is 19.4 Å². The summed E-state index contributed by atoms with van der Waals surface area (Å²) in [6.45, 7) is 4.10. The van der Waals surface area contributed by atoms with Crippen molar-refractivity contribution in [3.8, 4) is 5.95 Å². The van der Waals surface area contributed by atoms with Gasteiger partial charge < -0.3 is 15.3 Å². The number of hydrogen-bond acceptors (Lipinski definition) is 8. The summed E-state index contributed by atoms with van der Waals surface area (Å²) in [6.07, 6.45) is 1.86. The summed E-state index contributed by atoms with van der Waals surface area (Å²) in [5.74, 6) is -0.403. The van der Waals surface area contributed by atoms with E-state index in [0.717, 1.165) is 5.69 Å². The van der Waals surface area contributed by atoms with Crippen molar-refractivity contribution in [2.75, 3.05) is 11.9 Å². The monoisotopic (exact) mass is 427 g/mol. The molecule has 162 valence electrons. The molecular formula is C18H21N9O4. The molecule has 0 radical (unpaired) electrons. The van der Waals surface area contributed by atoms with E-state index in [1.165, 1.54) is 4.68 Å². The van der Waals surface area contributed by atoms with Gasteiger partial charge in [-0.2, -0.15) is 15.0 Å². The SMILES string of the molecule is Cc1nn(-c2nn[nH]n2)c(C)c1NC(=O)C1CC(=O)N(Cc2ccccn2)C1.O=CO. The molecule has 13 heteroatoms. The zero-order valence-corrected chi connectivity index (χ0v) is 16.9. The number of nitrogens with zero attached hydrogens (tertiary/aromatic N) is 7. The molecule has 31 heavy (non-hydrogen) atoms. The summed E-state index contributed by atoms with van der Waals surface area (Å²) in [7, 11) is 0. The summed E-state index contributed by atoms with van der Waals surface area (Å²) in [6, 6.07) is 5.56. The maximum Gasteiger partial charge on any atom is 0.290 e. The minimum Gasteiger partial charge on any atom is -0.483 e. The van der Waals surface area contributed by atoms with Gasteiger partial charge in [0, 0.05) is 19.2 Å². The number of anilines is 1. The van der Waals surface area contributed by atoms with Gasteiger partial charge in [-0.15, -0.1) is 5.10 Å². The van der Waals surface area contributed by atoms with Crippen LogP contribution in [-0.2, 0) is 20.9 Å². The molecule has 1 unspecified atom stereocenters. The molecule has 0 saturated carbocycles. The van der Waals surface area contributed by atoms with E-state index >= 15 is 0 Å². The normalized spacial score (nSPS) is 15.4. The third-order valence-electron chi connectivity index (χ3n) is 4.73. The quantitative estimate of drug-likeness (QED) is 0.477. The highest BCUT2D eigenvalue weighted by Crippen LogP contribution is 2.25. The summed E-state index contributed by atoms with van der Waals surface area (Å²) < 4.78 is 1.50. The molecule has 1 aliphatic heterocycles. The molecule has 0 bridgehead atoms. The zero-order chi connectivity index (χ0) is 22.4. The number of tetrazole rings is 1. The van der Waals surface area contributed by atoms with E-state index in [4.69, 9.17) is 9.90 Å². The lowest BCUT2D eigenvalue weighted by Crippen LogP contribution is -2.28. The second kappa shape index (κ2) is 9.56. The van der Waals surface area contributed by atoms with Crippen molar-refractivity contribution in [3.63, 3.8) is 0 Å². The molecule has 0 spiro atoms. The van der Waals surface area contributed by atoms with E-state index in [2.05, 4.69) is 36.0 Å². The van der Waals surface area contributed by atoms with Crippen LogP contribution in [-0.4, -0.2) is 70.2 Å². The molecule has 3 aromatic heterocycles. The molecular weight excluding hydrogens is 406 g/mol. The van der Waals surface area contributed by atoms with Crippen LogP contribution in [0.5, 0.6) is 0 Å². The van der Waals surface area contributed by atoms with Gasteiger partial charge in [0.2, 0.25) is 11.8 Å². The largest absolute Gasteiger partial charge is 0.483 e. The van der Waals surface area contributed by atoms with Crippen molar-refractivity contribution < 1.29 is 19.5 Å². The average Bonchev–Trinajstić information content (AvgIpc) is 3.46. The third-order valence-corrected chi connectivity index (χ3v) is 4.73. The molecule has 1 saturated heterocycles. The highest BCUT2D eigenvalue weighted by atomic mass is 16.3. The fraction of sp³-hybridized carbons (Fsp3) is 0.333. The predicted octanol–water partition coefficient (Wildman–Crippen LogP) is 0.0852. The Kier molecular flexibility index (Phi) is 6.64. The summed E-state index contributed by atoms with van der Waals surface area (Å²) in [5, 5.41) is 27.8. The molecule has 4 heterocycles. The van der Waals surface area contributed by atoms with E-state index in [9.17, 15) is 9.59 Å². The average molecular weight is 427 g/mol. The van der Waals surface area contributed by atoms with E-state index in [0.29, 0.717) is 36.1 Å². The smallest absolute Gasteiger partial charge is 0.290 e. The van der Waals surface area contributed by atoms with Crippen LogP contribution in [0.3, 0.4) is 0 Å². The fourth-order valence-corrected chi connectivity index (χ4v) is 3.28. The third kappa shape index (κ3) is 4.88. The number of nitrogens with one attached hydrogen (secondary N) is 2. The second-order valence-electron chi connectivity index (χ2n) is 6.76. The number of rotatable bonds is 5. The topological polar surface area (TPSA) is 172 Å². The minimum absolute atomic E-state index is 0.0539. The molecule has 3 N–H and O–H groups in total. The van der Waals surface area contributed by atoms with Gasteiger partial charge in [0.1, 0.15) is 0 Å². The molecule has 4 rings (SSSR count). The Balaban J connectivity index is 0.000000858. The number of hydrogen-bond donors (Lipinski definition) is 3. The number of carboxylic acid groups (broad SMARTS) is 1. The maximum absolute atomic E-state index is 12.8. The summed E-state index contributed by atoms with van der Waals surface area (Å²) in [5.41, 5.74) is 2.70. The van der Waals surface area contributed by atoms with E-state index < -0.39 is 5.92 Å². The van der Waals surface area contributed by atoms with Gasteiger partial charge in [0.05, 0.1) is 35.2 Å². The molecule has 3 aromatic rings. The predicted molar refractivity (Wildman–Crippen MR) is 106 cm³/mol. The Labute approximate surface area is 176 Å². The summed E-state index contributed by atoms with van der Waals surface area (Å²) >= 11 is 0. The van der Waals surface area contributed by atoms with Gasteiger partial charge in [0.25, 0.3) is 12.4 Å². The number of H-pyrrole nitrogens is 1. The number of carbonyl (C=O) groups excluding carboxylic acids is 2. The first-order valence-corrected chi connectivity index (χ1v) is 9.31. The van der Waals surface area contributed by atoms with Crippen LogP contribution < -0.4 is 5.32 Å². The van der Waals surface area contributed by atoms with Crippen LogP contribution in [0.2, 0.25) is 0 Å². The first-order chi connectivity index (χ1) is 14.9. The van der Waals surface area contributed by atoms with Crippen LogP contribution in [0.1, 0.15) is 23.5 Å². The maximum atomic E-state index is 12.8. The molecule has 1 aliphatic rings. The van der Waals surface area contributed by atoms with Crippen molar-refractivity contribution in [3.05, 3.63) is 41.5 Å². The Morgan fingerprint density at radius 1 is 1.39 bits per heavy atom. The zero-order valence-electron chi connectivity index (χ0n) is 16.9. The molecule has 2 amide bonds. The number of aryl methyl sites for hydroxylation is 1. The van der Waals surface area contributed by atoms with Crippen molar-refractivity contribution in [1.29, 1.82) is 0 Å². The van der Waals surface area contributed by atoms with Crippen LogP contribution in [0.4, 0.5) is 5.69 Å². The first kappa shape index (κ1) is 21.5. The van der Waals surface area contributed by atoms with E-state index in [1.54, 1.807) is 24.9 Å². The number of carbonyl (C=O) groups is 3. The van der Waals surface area contributed by atoms with Crippen LogP contribution in [0.25, 0.3) is 5.95 Å². The standard InChI is InChI=1S/C17H19N9O2.CH2O2/c1-10-15(11(2)26(22-10)17-20-23-24-21-17)19-16(28)12-7-14(27)25(8-12)9-13-5-3-4-6-18-13;2-1-3/h3-6,12H,7-9H2,1-2H3,(H,19,28)(H,20,21,23,24);1H,(H,2,3).